The van der Waals surface area contributed by atoms with Crippen molar-refractivity contribution in [2.75, 3.05) is 34.4 Å². The second kappa shape index (κ2) is 17.7. The van der Waals surface area contributed by atoms with Crippen molar-refractivity contribution in [2.45, 2.75) is 85.6 Å². The van der Waals surface area contributed by atoms with Crippen molar-refractivity contribution in [1.82, 2.24) is 0 Å². The van der Waals surface area contributed by atoms with E-state index in [-0.39, 0.29) is 13.2 Å². The van der Waals surface area contributed by atoms with Crippen LogP contribution in [0, 0.1) is 11.8 Å². The van der Waals surface area contributed by atoms with Gasteiger partial charge in [-0.25, -0.2) is 0 Å². The molecular formula is C26H50NO4P. The summed E-state index contributed by atoms with van der Waals surface area (Å²) >= 11 is 0. The van der Waals surface area contributed by atoms with Crippen molar-refractivity contribution in [1.29, 1.82) is 0 Å². The van der Waals surface area contributed by atoms with Crippen LogP contribution in [0.3, 0.4) is 0 Å². The Kier molecular flexibility index (Phi) is 17.3. The lowest BCUT2D eigenvalue weighted by molar-refractivity contribution is -0.884. The molecule has 32 heavy (non-hydrogen) atoms. The second-order valence-electron chi connectivity index (χ2n) is 9.81. The van der Waals surface area contributed by atoms with Crippen LogP contribution in [-0.2, 0) is 20.2 Å². The predicted molar refractivity (Wildman–Crippen MR) is 134 cm³/mol. The van der Waals surface area contributed by atoms with E-state index in [0.717, 1.165) is 62.4 Å². The Morgan fingerprint density at radius 3 is 1.62 bits per heavy atom. The lowest BCUT2D eigenvalue weighted by Crippen LogP contribution is -2.33. The first kappa shape index (κ1) is 31.3. The minimum atomic E-state index is -4.14. The standard InChI is InChI=1S/C16H35O4P.C10H16N/c1-5-9-11-15(7-3)13-19-21(17,18)20-14-16(8-4)12-10-6-2;1-11(2,3)9-10-7-5-4-6-8-10/h15-16H,5-14H2,1-4H3,(H,17,18);4-8H,9H2,1-3H3/q;+1/p-1. The van der Waals surface area contributed by atoms with Gasteiger partial charge in [-0.2, -0.15) is 0 Å². The van der Waals surface area contributed by atoms with E-state index >= 15 is 0 Å². The summed E-state index contributed by atoms with van der Waals surface area (Å²) in [6.45, 7) is 10.0. The van der Waals surface area contributed by atoms with E-state index in [9.17, 15) is 9.46 Å². The van der Waals surface area contributed by atoms with Crippen LogP contribution in [0.5, 0.6) is 0 Å². The molecule has 2 atom stereocenters. The number of hydrogen-bond acceptors (Lipinski definition) is 4. The van der Waals surface area contributed by atoms with Crippen molar-refractivity contribution in [3.8, 4) is 0 Å². The molecule has 0 aliphatic rings. The Hall–Kier alpha value is -0.710. The minimum Gasteiger partial charge on any atom is -0.756 e. The van der Waals surface area contributed by atoms with Crippen molar-refractivity contribution in [2.24, 2.45) is 11.8 Å². The predicted octanol–water partition coefficient (Wildman–Crippen LogP) is 6.81. The third-order valence-electron chi connectivity index (χ3n) is 5.52. The van der Waals surface area contributed by atoms with Gasteiger partial charge >= 0.3 is 0 Å². The molecule has 0 N–H and O–H groups in total. The lowest BCUT2D eigenvalue weighted by Gasteiger charge is -2.27. The van der Waals surface area contributed by atoms with Crippen molar-refractivity contribution in [3.63, 3.8) is 0 Å². The maximum Gasteiger partial charge on any atom is 0.267 e. The van der Waals surface area contributed by atoms with Gasteiger partial charge in [0.05, 0.1) is 34.4 Å². The molecule has 2 unspecified atom stereocenters. The zero-order valence-corrected chi connectivity index (χ0v) is 22.7. The van der Waals surface area contributed by atoms with Gasteiger partial charge in [0.2, 0.25) is 0 Å². The molecule has 1 aromatic rings. The third-order valence-corrected chi connectivity index (χ3v) is 6.45. The highest BCUT2D eigenvalue weighted by molar-refractivity contribution is 7.45. The van der Waals surface area contributed by atoms with E-state index in [1.165, 1.54) is 5.56 Å². The summed E-state index contributed by atoms with van der Waals surface area (Å²) in [6, 6.07) is 10.6. The van der Waals surface area contributed by atoms with E-state index in [2.05, 4.69) is 79.2 Å². The van der Waals surface area contributed by atoms with Crippen LogP contribution in [0.1, 0.15) is 84.6 Å². The SMILES string of the molecule is CCCCC(CC)COP(=O)([O-])OCC(CC)CCCC.C[N+](C)(C)Cc1ccccc1. The zero-order valence-electron chi connectivity index (χ0n) is 21.8. The first-order chi connectivity index (χ1) is 15.1. The van der Waals surface area contributed by atoms with Crippen molar-refractivity contribution >= 4 is 7.82 Å². The average Bonchev–Trinajstić information content (AvgIpc) is 2.74. The van der Waals surface area contributed by atoms with E-state index in [1.54, 1.807) is 0 Å². The first-order valence-electron chi connectivity index (χ1n) is 12.5. The summed E-state index contributed by atoms with van der Waals surface area (Å²) in [4.78, 5) is 11.8. The van der Waals surface area contributed by atoms with Gasteiger partial charge in [-0.1, -0.05) is 96.6 Å². The van der Waals surface area contributed by atoms with Gasteiger partial charge in [0.15, 0.2) is 0 Å². The fourth-order valence-electron chi connectivity index (χ4n) is 3.36. The summed E-state index contributed by atoms with van der Waals surface area (Å²) in [5, 5.41) is 0. The van der Waals surface area contributed by atoms with Crippen LogP contribution in [0.4, 0.5) is 0 Å². The number of phosphoric acid groups is 1. The second-order valence-corrected chi connectivity index (χ2v) is 11.2. The van der Waals surface area contributed by atoms with Crippen molar-refractivity contribution < 1.29 is 23.0 Å². The molecule has 5 nitrogen and oxygen atoms in total. The van der Waals surface area contributed by atoms with Crippen LogP contribution in [-0.4, -0.2) is 38.8 Å². The monoisotopic (exact) mass is 471 g/mol. The smallest absolute Gasteiger partial charge is 0.267 e. The molecule has 0 fully saturated rings. The fraction of sp³-hybridized carbons (Fsp3) is 0.769. The van der Waals surface area contributed by atoms with E-state index < -0.39 is 7.82 Å². The van der Waals surface area contributed by atoms with Gasteiger partial charge in [-0.3, -0.25) is 4.57 Å². The summed E-state index contributed by atoms with van der Waals surface area (Å²) in [7, 11) is 2.46. The molecule has 6 heteroatoms. The molecule has 1 aromatic carbocycles. The number of rotatable bonds is 16. The van der Waals surface area contributed by atoms with Crippen molar-refractivity contribution in [3.05, 3.63) is 35.9 Å². The number of benzene rings is 1. The van der Waals surface area contributed by atoms with Crippen LogP contribution < -0.4 is 4.89 Å². The normalized spacial score (nSPS) is 15.4. The van der Waals surface area contributed by atoms with Gasteiger partial charge in [-0.15, -0.1) is 0 Å². The minimum absolute atomic E-state index is 0.253. The zero-order chi connectivity index (χ0) is 24.5. The number of unbranched alkanes of at least 4 members (excludes halogenated alkanes) is 2. The molecule has 188 valence electrons. The van der Waals surface area contributed by atoms with Gasteiger partial charge < -0.3 is 18.4 Å². The Morgan fingerprint density at radius 2 is 1.28 bits per heavy atom. The Balaban J connectivity index is 0.000000726. The number of nitrogens with zero attached hydrogens (tertiary/aromatic N) is 1. The maximum absolute atomic E-state index is 11.8. The van der Waals surface area contributed by atoms with E-state index in [0.29, 0.717) is 11.8 Å². The molecule has 0 aromatic heterocycles. The Labute approximate surface area is 198 Å². The van der Waals surface area contributed by atoms with Gasteiger partial charge in [0.1, 0.15) is 6.54 Å². The highest BCUT2D eigenvalue weighted by Crippen LogP contribution is 2.40. The quantitative estimate of drug-likeness (QED) is 0.196. The highest BCUT2D eigenvalue weighted by Gasteiger charge is 2.16. The molecule has 0 spiro atoms. The molecule has 0 saturated heterocycles. The third kappa shape index (κ3) is 17.8. The molecule has 0 heterocycles. The molecule has 0 aliphatic carbocycles. The molecule has 0 aliphatic heterocycles. The molecule has 0 saturated carbocycles. The van der Waals surface area contributed by atoms with Gasteiger partial charge in [0, 0.05) is 5.56 Å². The van der Waals surface area contributed by atoms with Crippen LogP contribution in [0.25, 0.3) is 0 Å². The summed E-state index contributed by atoms with van der Waals surface area (Å²) in [6.07, 6.45) is 8.38. The van der Waals surface area contributed by atoms with Gasteiger partial charge in [-0.05, 0) is 24.7 Å². The van der Waals surface area contributed by atoms with Crippen LogP contribution in [0.15, 0.2) is 30.3 Å². The Bertz CT molecular complexity index is 580. The first-order valence-corrected chi connectivity index (χ1v) is 14.0. The summed E-state index contributed by atoms with van der Waals surface area (Å²) < 4.78 is 22.9. The largest absolute Gasteiger partial charge is 0.756 e. The number of quaternary nitrogens is 1. The molecule has 0 bridgehead atoms. The van der Waals surface area contributed by atoms with Gasteiger partial charge in [0.25, 0.3) is 7.82 Å². The number of phosphoric ester groups is 1. The highest BCUT2D eigenvalue weighted by atomic mass is 31.2. The van der Waals surface area contributed by atoms with E-state index in [1.807, 2.05) is 0 Å². The Morgan fingerprint density at radius 1 is 0.844 bits per heavy atom. The fourth-order valence-corrected chi connectivity index (χ4v) is 4.22. The average molecular weight is 472 g/mol. The summed E-state index contributed by atoms with van der Waals surface area (Å²) in [5.41, 5.74) is 1.40. The molecule has 0 amide bonds. The lowest BCUT2D eigenvalue weighted by atomic mass is 10.0. The van der Waals surface area contributed by atoms with Crippen LogP contribution >= 0.6 is 7.82 Å². The molecule has 0 radical (unpaired) electrons. The maximum atomic E-state index is 11.8. The topological polar surface area (TPSA) is 58.6 Å². The van der Waals surface area contributed by atoms with Crippen LogP contribution in [0.2, 0.25) is 0 Å². The summed E-state index contributed by atoms with van der Waals surface area (Å²) in [5.74, 6) is 0.607. The molecular weight excluding hydrogens is 421 g/mol. The molecule has 1 rings (SSSR count). The number of hydrogen-bond donors (Lipinski definition) is 0. The van der Waals surface area contributed by atoms with E-state index in [4.69, 9.17) is 9.05 Å².